The molecule has 0 radical (unpaired) electrons. The average molecular weight is 312 g/mol. The molecule has 0 spiro atoms. The van der Waals surface area contributed by atoms with E-state index in [4.69, 9.17) is 16.3 Å². The molecule has 0 bridgehead atoms. The van der Waals surface area contributed by atoms with Crippen LogP contribution in [0.4, 0.5) is 4.39 Å². The zero-order valence-electron chi connectivity index (χ0n) is 11.5. The number of aromatic amines is 1. The van der Waals surface area contributed by atoms with Gasteiger partial charge in [-0.2, -0.15) is 0 Å². The number of H-pyrrole nitrogens is 1. The quantitative estimate of drug-likeness (QED) is 0.852. The summed E-state index contributed by atoms with van der Waals surface area (Å²) in [5.41, 5.74) is 1.17. The Morgan fingerprint density at radius 2 is 2.38 bits per heavy atom. The number of fused-ring (bicyclic) bond motifs is 1. The lowest BCUT2D eigenvalue weighted by Gasteiger charge is -2.06. The molecule has 5 nitrogen and oxygen atoms in total. The fourth-order valence-electron chi connectivity index (χ4n) is 2.43. The van der Waals surface area contributed by atoms with E-state index in [1.54, 1.807) is 0 Å². The molecule has 0 aliphatic carbocycles. The number of hydrogen-bond acceptors (Lipinski definition) is 4. The average Bonchev–Trinajstić information content (AvgIpc) is 3.00. The predicted molar refractivity (Wildman–Crippen MR) is 76.5 cm³/mol. The minimum atomic E-state index is -0.488. The van der Waals surface area contributed by atoms with Gasteiger partial charge in [-0.05, 0) is 12.5 Å². The molecule has 3 rings (SSSR count). The number of cyclic esters (lactones) is 1. The smallest absolute Gasteiger partial charge is 0.323 e. The van der Waals surface area contributed by atoms with E-state index in [0.29, 0.717) is 29.8 Å². The Morgan fingerprint density at radius 1 is 1.57 bits per heavy atom. The molecule has 21 heavy (non-hydrogen) atoms. The first-order chi connectivity index (χ1) is 10.1. The summed E-state index contributed by atoms with van der Waals surface area (Å²) in [7, 11) is 0. The molecule has 7 heteroatoms. The van der Waals surface area contributed by atoms with E-state index in [0.717, 1.165) is 6.42 Å². The first kappa shape index (κ1) is 14.3. The van der Waals surface area contributed by atoms with Gasteiger partial charge >= 0.3 is 5.97 Å². The van der Waals surface area contributed by atoms with Crippen molar-refractivity contribution >= 4 is 28.6 Å². The zero-order valence-corrected chi connectivity index (χ0v) is 12.2. The third kappa shape index (κ3) is 2.87. The van der Waals surface area contributed by atoms with Crippen molar-refractivity contribution in [2.75, 3.05) is 0 Å². The number of benzene rings is 1. The first-order valence-electron chi connectivity index (χ1n) is 6.84. The fraction of sp³-hybridized carbons (Fsp3) is 0.429. The number of carbonyl (C=O) groups excluding carboxylic acids is 1. The lowest BCUT2D eigenvalue weighted by Crippen LogP contribution is -2.32. The van der Waals surface area contributed by atoms with E-state index >= 15 is 0 Å². The standard InChI is InChI=1S/C14H15ClFN3O2/c1-2-7-3-12(14(20)21-7)17-6-13-18-10-4-8(15)9(16)5-11(10)19-13/h4-5,7,12,17H,2-3,6H2,1H3,(H,18,19). The van der Waals surface area contributed by atoms with Crippen LogP contribution < -0.4 is 5.32 Å². The van der Waals surface area contributed by atoms with E-state index in [9.17, 15) is 9.18 Å². The van der Waals surface area contributed by atoms with Gasteiger partial charge in [0.2, 0.25) is 0 Å². The molecule has 2 aromatic rings. The summed E-state index contributed by atoms with van der Waals surface area (Å²) in [6.07, 6.45) is 1.46. The maximum absolute atomic E-state index is 13.4. The Balaban J connectivity index is 1.70. The van der Waals surface area contributed by atoms with Gasteiger partial charge in [-0.1, -0.05) is 18.5 Å². The Bertz CT molecular complexity index is 649. The van der Waals surface area contributed by atoms with Crippen molar-refractivity contribution in [2.24, 2.45) is 0 Å². The molecule has 0 saturated carbocycles. The van der Waals surface area contributed by atoms with Crippen molar-refractivity contribution in [1.82, 2.24) is 15.3 Å². The molecule has 112 valence electrons. The van der Waals surface area contributed by atoms with Crippen LogP contribution in [0.5, 0.6) is 0 Å². The van der Waals surface area contributed by atoms with Gasteiger partial charge in [0.1, 0.15) is 23.8 Å². The highest BCUT2D eigenvalue weighted by molar-refractivity contribution is 6.31. The van der Waals surface area contributed by atoms with E-state index in [2.05, 4.69) is 15.3 Å². The van der Waals surface area contributed by atoms with Gasteiger partial charge in [-0.15, -0.1) is 0 Å². The third-order valence-electron chi connectivity index (χ3n) is 3.61. The van der Waals surface area contributed by atoms with Gasteiger partial charge in [-0.3, -0.25) is 10.1 Å². The van der Waals surface area contributed by atoms with Crippen LogP contribution in [0.25, 0.3) is 11.0 Å². The van der Waals surface area contributed by atoms with Crippen molar-refractivity contribution in [3.63, 3.8) is 0 Å². The highest BCUT2D eigenvalue weighted by Crippen LogP contribution is 2.22. The Labute approximate surface area is 125 Å². The van der Waals surface area contributed by atoms with Crippen LogP contribution in [0, 0.1) is 5.82 Å². The molecule has 1 saturated heterocycles. The monoisotopic (exact) mass is 311 g/mol. The number of nitrogens with zero attached hydrogens (tertiary/aromatic N) is 1. The first-order valence-corrected chi connectivity index (χ1v) is 7.22. The second kappa shape index (κ2) is 5.61. The largest absolute Gasteiger partial charge is 0.461 e. The van der Waals surface area contributed by atoms with E-state index in [-0.39, 0.29) is 23.1 Å². The summed E-state index contributed by atoms with van der Waals surface area (Å²) in [4.78, 5) is 19.0. The summed E-state index contributed by atoms with van der Waals surface area (Å²) < 4.78 is 18.6. The van der Waals surface area contributed by atoms with Crippen LogP contribution in [0.3, 0.4) is 0 Å². The second-order valence-corrected chi connectivity index (χ2v) is 5.51. The van der Waals surface area contributed by atoms with E-state index < -0.39 is 5.82 Å². The van der Waals surface area contributed by atoms with Crippen molar-refractivity contribution in [3.05, 3.63) is 28.8 Å². The SMILES string of the molecule is CCC1CC(NCc2nc3cc(Cl)c(F)cc3[nH]2)C(=O)O1. The second-order valence-electron chi connectivity index (χ2n) is 5.10. The number of imidazole rings is 1. The molecule has 2 heterocycles. The van der Waals surface area contributed by atoms with Crippen LogP contribution in [-0.4, -0.2) is 28.1 Å². The molecule has 1 fully saturated rings. The van der Waals surface area contributed by atoms with Gasteiger partial charge < -0.3 is 9.72 Å². The number of carbonyl (C=O) groups is 1. The molecule has 1 aromatic carbocycles. The summed E-state index contributed by atoms with van der Waals surface area (Å²) in [6.45, 7) is 2.36. The van der Waals surface area contributed by atoms with Crippen LogP contribution in [-0.2, 0) is 16.1 Å². The number of hydrogen-bond donors (Lipinski definition) is 2. The highest BCUT2D eigenvalue weighted by atomic mass is 35.5. The molecule has 2 N–H and O–H groups in total. The lowest BCUT2D eigenvalue weighted by atomic mass is 10.1. The number of esters is 1. The van der Waals surface area contributed by atoms with Crippen LogP contribution in [0.1, 0.15) is 25.6 Å². The molecular formula is C14H15ClFN3O2. The van der Waals surface area contributed by atoms with Gasteiger partial charge in [0.15, 0.2) is 0 Å². The summed E-state index contributed by atoms with van der Waals surface area (Å²) in [5, 5.41) is 3.15. The van der Waals surface area contributed by atoms with Crippen molar-refractivity contribution in [1.29, 1.82) is 0 Å². The Hall–Kier alpha value is -1.66. The third-order valence-corrected chi connectivity index (χ3v) is 3.90. The Kier molecular flexibility index (Phi) is 3.82. The molecule has 2 unspecified atom stereocenters. The van der Waals surface area contributed by atoms with Crippen molar-refractivity contribution in [3.8, 4) is 0 Å². The minimum Gasteiger partial charge on any atom is -0.461 e. The summed E-state index contributed by atoms with van der Waals surface area (Å²) in [5.74, 6) is -0.0936. The fourth-order valence-corrected chi connectivity index (χ4v) is 2.59. The number of rotatable bonds is 4. The van der Waals surface area contributed by atoms with Gasteiger partial charge in [0, 0.05) is 12.5 Å². The van der Waals surface area contributed by atoms with E-state index in [1.165, 1.54) is 12.1 Å². The van der Waals surface area contributed by atoms with Crippen LogP contribution >= 0.6 is 11.6 Å². The maximum Gasteiger partial charge on any atom is 0.323 e. The lowest BCUT2D eigenvalue weighted by molar-refractivity contribution is -0.143. The zero-order chi connectivity index (χ0) is 15.0. The highest BCUT2D eigenvalue weighted by Gasteiger charge is 2.32. The number of nitrogens with one attached hydrogen (secondary N) is 2. The number of halogens is 2. The predicted octanol–water partition coefficient (Wildman–Crippen LogP) is 2.54. The molecule has 1 aliphatic rings. The number of ether oxygens (including phenoxy) is 1. The summed E-state index contributed by atoms with van der Waals surface area (Å²) in [6, 6.07) is 2.47. The van der Waals surface area contributed by atoms with Crippen LogP contribution in [0.2, 0.25) is 5.02 Å². The molecule has 1 aliphatic heterocycles. The molecule has 0 amide bonds. The van der Waals surface area contributed by atoms with Crippen molar-refractivity contribution < 1.29 is 13.9 Å². The van der Waals surface area contributed by atoms with E-state index in [1.807, 2.05) is 6.92 Å². The van der Waals surface area contributed by atoms with Crippen LogP contribution in [0.15, 0.2) is 12.1 Å². The van der Waals surface area contributed by atoms with Crippen molar-refractivity contribution in [2.45, 2.75) is 38.5 Å². The summed E-state index contributed by atoms with van der Waals surface area (Å²) >= 11 is 5.72. The van der Waals surface area contributed by atoms with Gasteiger partial charge in [-0.25, -0.2) is 9.37 Å². The maximum atomic E-state index is 13.4. The molecule has 2 atom stereocenters. The number of aromatic nitrogens is 2. The Morgan fingerprint density at radius 3 is 3.10 bits per heavy atom. The normalized spacial score (nSPS) is 22.0. The topological polar surface area (TPSA) is 67.0 Å². The molecule has 1 aromatic heterocycles. The van der Waals surface area contributed by atoms with Gasteiger partial charge in [0.25, 0.3) is 0 Å². The molecular weight excluding hydrogens is 297 g/mol. The van der Waals surface area contributed by atoms with Gasteiger partial charge in [0.05, 0.1) is 22.6 Å². The minimum absolute atomic E-state index is 0.0152.